The van der Waals surface area contributed by atoms with Crippen molar-refractivity contribution in [1.29, 1.82) is 0 Å². The third-order valence-electron chi connectivity index (χ3n) is 3.67. The molecule has 0 aliphatic heterocycles. The Morgan fingerprint density at radius 1 is 0.889 bits per heavy atom. The van der Waals surface area contributed by atoms with Crippen molar-refractivity contribution < 1.29 is 50.3 Å². The van der Waals surface area contributed by atoms with Crippen molar-refractivity contribution in [3.63, 3.8) is 0 Å². The Hall–Kier alpha value is -1.79. The first-order valence-corrected chi connectivity index (χ1v) is 8.18. The van der Waals surface area contributed by atoms with Crippen LogP contribution in [0.1, 0.15) is 64.7 Å². The van der Waals surface area contributed by atoms with E-state index in [9.17, 15) is 9.90 Å². The van der Waals surface area contributed by atoms with Gasteiger partial charge in [0.1, 0.15) is 5.75 Å². The minimum absolute atomic E-state index is 0.0155. The average Bonchev–Trinajstić information content (AvgIpc) is 2.54. The molecule has 0 radical (unpaired) electrons. The number of aromatic hydroxyl groups is 1. The summed E-state index contributed by atoms with van der Waals surface area (Å²) in [7, 11) is 0. The van der Waals surface area contributed by atoms with Crippen molar-refractivity contribution in [1.82, 2.24) is 0 Å². The highest BCUT2D eigenvalue weighted by Gasteiger charge is 2.26. The van der Waals surface area contributed by atoms with Crippen molar-refractivity contribution >= 4 is 5.97 Å². The third-order valence-corrected chi connectivity index (χ3v) is 3.67. The second-order valence-electron chi connectivity index (χ2n) is 7.91. The van der Waals surface area contributed by atoms with E-state index in [0.29, 0.717) is 6.42 Å². The number of hydrogen-bond donors (Lipinski definition) is 2. The Kier molecular flexibility index (Phi) is 8.57. The summed E-state index contributed by atoms with van der Waals surface area (Å²) in [5.74, 6) is -0.468. The highest BCUT2D eigenvalue weighted by Crippen LogP contribution is 2.39. The molecular formula is C17H26O10. The van der Waals surface area contributed by atoms with Gasteiger partial charge in [0, 0.05) is 15.1 Å². The molecule has 1 aromatic rings. The fraction of sp³-hybridized carbons (Fsp3) is 0.588. The molecule has 0 atom stereocenters. The predicted molar refractivity (Wildman–Crippen MR) is 89.1 cm³/mol. The van der Waals surface area contributed by atoms with E-state index in [2.05, 4.69) is 35.1 Å². The van der Waals surface area contributed by atoms with E-state index in [1.807, 2.05) is 53.7 Å². The van der Waals surface area contributed by atoms with E-state index in [1.54, 1.807) is 0 Å². The Morgan fingerprint density at radius 2 is 1.37 bits per heavy atom. The summed E-state index contributed by atoms with van der Waals surface area (Å²) in [6.07, 6.45) is 0.339. The van der Waals surface area contributed by atoms with Crippen LogP contribution in [-0.2, 0) is 57.2 Å². The maximum Gasteiger partial charge on any atom is 0.346 e. The van der Waals surface area contributed by atoms with Gasteiger partial charge in [-0.15, -0.1) is 0 Å². The number of rotatable bonds is 9. The van der Waals surface area contributed by atoms with Crippen LogP contribution in [0.3, 0.4) is 0 Å². The van der Waals surface area contributed by atoms with E-state index in [4.69, 9.17) is 5.26 Å². The van der Waals surface area contributed by atoms with Gasteiger partial charge in [-0.2, -0.15) is 0 Å². The SMILES string of the molecule is CC(C)(C)c1cc(CCC(=O)OOOOOOOO)cc(C(C)(C)C)c1O. The van der Waals surface area contributed by atoms with Gasteiger partial charge in [-0.1, -0.05) is 53.7 Å². The molecule has 0 spiro atoms. The Bertz CT molecular complexity index is 580. The molecule has 0 aromatic heterocycles. The van der Waals surface area contributed by atoms with Gasteiger partial charge >= 0.3 is 5.97 Å². The molecule has 2 N–H and O–H groups in total. The molecule has 1 aromatic carbocycles. The maximum absolute atomic E-state index is 11.7. The number of hydrogen-bond acceptors (Lipinski definition) is 10. The summed E-state index contributed by atoms with van der Waals surface area (Å²) in [5, 5.41) is 39.8. The number of carbonyl (C=O) groups excluding carboxylic acids is 1. The molecule has 0 heterocycles. The Labute approximate surface area is 156 Å². The lowest BCUT2D eigenvalue weighted by molar-refractivity contribution is -0.808. The van der Waals surface area contributed by atoms with E-state index in [-0.39, 0.29) is 23.0 Å². The van der Waals surface area contributed by atoms with Crippen LogP contribution >= 0.6 is 0 Å². The molecule has 0 unspecified atom stereocenters. The largest absolute Gasteiger partial charge is 0.507 e. The first-order chi connectivity index (χ1) is 12.5. The minimum atomic E-state index is -0.736. The van der Waals surface area contributed by atoms with Gasteiger partial charge in [0.15, 0.2) is 0 Å². The lowest BCUT2D eigenvalue weighted by Crippen LogP contribution is -2.18. The second kappa shape index (κ2) is 9.95. The van der Waals surface area contributed by atoms with Gasteiger partial charge in [0.25, 0.3) is 0 Å². The second-order valence-corrected chi connectivity index (χ2v) is 7.91. The quantitative estimate of drug-likeness (QED) is 0.368. The number of phenols is 1. The highest BCUT2D eigenvalue weighted by molar-refractivity contribution is 5.69. The van der Waals surface area contributed by atoms with E-state index < -0.39 is 5.97 Å². The fourth-order valence-corrected chi connectivity index (χ4v) is 2.37. The van der Waals surface area contributed by atoms with Crippen molar-refractivity contribution in [3.05, 3.63) is 28.8 Å². The van der Waals surface area contributed by atoms with Gasteiger partial charge in [0.05, 0.1) is 6.42 Å². The van der Waals surface area contributed by atoms with Gasteiger partial charge in [-0.3, -0.25) is 4.89 Å². The Balaban J connectivity index is 2.73. The van der Waals surface area contributed by atoms with Gasteiger partial charge in [-0.05, 0) is 49.1 Å². The molecule has 10 nitrogen and oxygen atoms in total. The molecule has 0 aliphatic rings. The van der Waals surface area contributed by atoms with E-state index >= 15 is 0 Å². The van der Waals surface area contributed by atoms with Crippen LogP contribution in [0.15, 0.2) is 12.1 Å². The van der Waals surface area contributed by atoms with Crippen molar-refractivity contribution in [3.8, 4) is 5.75 Å². The zero-order valence-corrected chi connectivity index (χ0v) is 16.2. The molecule has 154 valence electrons. The van der Waals surface area contributed by atoms with E-state index in [1.165, 1.54) is 0 Å². The zero-order chi connectivity index (χ0) is 20.7. The standard InChI is InChI=1S/C17H26O10/c1-16(2,3)12-9-11(10-13(15(12)19)17(4,5)6)7-8-14(18)21-23-25-27-26-24-22-20/h9-10,19-20H,7-8H2,1-6H3. The smallest absolute Gasteiger partial charge is 0.346 e. The zero-order valence-electron chi connectivity index (χ0n) is 16.2. The summed E-state index contributed by atoms with van der Waals surface area (Å²) in [6.45, 7) is 12.0. The monoisotopic (exact) mass is 390 g/mol. The third kappa shape index (κ3) is 7.77. The first-order valence-electron chi connectivity index (χ1n) is 8.18. The first kappa shape index (κ1) is 23.2. The lowest BCUT2D eigenvalue weighted by Gasteiger charge is -2.28. The summed E-state index contributed by atoms with van der Waals surface area (Å²) in [6, 6.07) is 3.75. The molecule has 0 amide bonds. The molecular weight excluding hydrogens is 364 g/mol. The highest BCUT2D eigenvalue weighted by atomic mass is 17.9. The van der Waals surface area contributed by atoms with Crippen LogP contribution < -0.4 is 0 Å². The normalized spacial score (nSPS) is 12.3. The van der Waals surface area contributed by atoms with Crippen LogP contribution in [0.5, 0.6) is 5.75 Å². The van der Waals surface area contributed by atoms with Gasteiger partial charge in [-0.25, -0.2) is 10.1 Å². The average molecular weight is 390 g/mol. The Morgan fingerprint density at radius 3 is 1.85 bits per heavy atom. The molecule has 0 aliphatic carbocycles. The molecule has 0 saturated heterocycles. The van der Waals surface area contributed by atoms with Crippen LogP contribution in [0.25, 0.3) is 0 Å². The van der Waals surface area contributed by atoms with Crippen LogP contribution in [-0.4, -0.2) is 16.3 Å². The van der Waals surface area contributed by atoms with Crippen molar-refractivity contribution in [2.24, 2.45) is 0 Å². The summed E-state index contributed by atoms with van der Waals surface area (Å²) in [5.41, 5.74) is 1.93. The summed E-state index contributed by atoms with van der Waals surface area (Å²) in [4.78, 5) is 16.0. The number of carbonyl (C=O) groups is 1. The molecule has 0 bridgehead atoms. The maximum atomic E-state index is 11.7. The number of phenolic OH excluding ortho intramolecular Hbond substituents is 1. The lowest BCUT2D eigenvalue weighted by atomic mass is 9.78. The predicted octanol–water partition coefficient (Wildman–Crippen LogP) is 3.53. The molecule has 1 rings (SSSR count). The van der Waals surface area contributed by atoms with Crippen LogP contribution in [0.2, 0.25) is 0 Å². The van der Waals surface area contributed by atoms with Gasteiger partial charge in [0.2, 0.25) is 0 Å². The van der Waals surface area contributed by atoms with Crippen molar-refractivity contribution in [2.45, 2.75) is 65.2 Å². The number of benzene rings is 1. The van der Waals surface area contributed by atoms with Gasteiger partial charge < -0.3 is 5.11 Å². The minimum Gasteiger partial charge on any atom is -0.507 e. The number of aryl methyl sites for hydroxylation is 1. The molecule has 0 fully saturated rings. The molecule has 0 saturated carbocycles. The molecule has 27 heavy (non-hydrogen) atoms. The van der Waals surface area contributed by atoms with Crippen LogP contribution in [0, 0.1) is 0 Å². The van der Waals surface area contributed by atoms with Crippen LogP contribution in [0.4, 0.5) is 0 Å². The topological polar surface area (TPSA) is 122 Å². The van der Waals surface area contributed by atoms with Crippen molar-refractivity contribution in [2.75, 3.05) is 0 Å². The summed E-state index contributed by atoms with van der Waals surface area (Å²) < 4.78 is 0. The molecule has 10 heteroatoms. The fourth-order valence-electron chi connectivity index (χ4n) is 2.37. The summed E-state index contributed by atoms with van der Waals surface area (Å²) >= 11 is 0. The van der Waals surface area contributed by atoms with E-state index in [0.717, 1.165) is 16.7 Å².